The third kappa shape index (κ3) is 6.62. The zero-order valence-electron chi connectivity index (χ0n) is 23.1. The summed E-state index contributed by atoms with van der Waals surface area (Å²) in [7, 11) is 0. The van der Waals surface area contributed by atoms with Crippen molar-refractivity contribution in [3.8, 4) is 0 Å². The van der Waals surface area contributed by atoms with E-state index in [1.807, 2.05) is 63.2 Å². The van der Waals surface area contributed by atoms with Gasteiger partial charge < -0.3 is 20.9 Å². The summed E-state index contributed by atoms with van der Waals surface area (Å²) in [4.78, 5) is 42.1. The molecule has 204 valence electrons. The lowest BCUT2D eigenvalue weighted by Gasteiger charge is -2.36. The maximum atomic E-state index is 13.8. The lowest BCUT2D eigenvalue weighted by Crippen LogP contribution is -2.59. The van der Waals surface area contributed by atoms with Gasteiger partial charge in [-0.1, -0.05) is 75.4 Å². The molecule has 1 fully saturated rings. The summed E-state index contributed by atoms with van der Waals surface area (Å²) in [5, 5.41) is 9.48. The molecular formula is C31H42N4O3. The van der Waals surface area contributed by atoms with Crippen molar-refractivity contribution in [2.24, 2.45) is 5.41 Å². The second kappa shape index (κ2) is 12.1. The van der Waals surface area contributed by atoms with Crippen molar-refractivity contribution >= 4 is 17.7 Å². The number of rotatable bonds is 8. The quantitative estimate of drug-likeness (QED) is 0.495. The van der Waals surface area contributed by atoms with Crippen LogP contribution in [0, 0.1) is 5.41 Å². The Morgan fingerprint density at radius 1 is 0.974 bits per heavy atom. The van der Waals surface area contributed by atoms with Crippen LogP contribution in [0.25, 0.3) is 0 Å². The average molecular weight is 519 g/mol. The number of nitrogens with one attached hydrogen (secondary N) is 3. The van der Waals surface area contributed by atoms with Gasteiger partial charge in [-0.05, 0) is 61.1 Å². The molecule has 0 bridgehead atoms. The zero-order valence-corrected chi connectivity index (χ0v) is 23.1. The second-order valence-electron chi connectivity index (χ2n) is 11.7. The molecule has 7 heteroatoms. The molecule has 1 aliphatic carbocycles. The van der Waals surface area contributed by atoms with Gasteiger partial charge in [-0.25, -0.2) is 0 Å². The van der Waals surface area contributed by atoms with Crippen molar-refractivity contribution in [3.05, 3.63) is 71.3 Å². The molecule has 3 N–H and O–H groups in total. The van der Waals surface area contributed by atoms with Crippen LogP contribution in [0.5, 0.6) is 0 Å². The fourth-order valence-corrected chi connectivity index (χ4v) is 5.52. The Kier molecular flexibility index (Phi) is 8.87. The molecule has 1 aliphatic heterocycles. The lowest BCUT2D eigenvalue weighted by atomic mass is 9.85. The Hall–Kier alpha value is -3.19. The molecule has 2 aliphatic rings. The molecule has 3 amide bonds. The summed E-state index contributed by atoms with van der Waals surface area (Å²) in [6.45, 7) is 8.72. The minimum Gasteiger partial charge on any atom is -0.347 e. The van der Waals surface area contributed by atoms with Crippen LogP contribution in [-0.4, -0.2) is 47.3 Å². The van der Waals surface area contributed by atoms with E-state index in [2.05, 4.69) is 28.1 Å². The first kappa shape index (κ1) is 27.8. The van der Waals surface area contributed by atoms with Crippen LogP contribution in [0.4, 0.5) is 0 Å². The van der Waals surface area contributed by atoms with Gasteiger partial charge in [-0.3, -0.25) is 14.4 Å². The average Bonchev–Trinajstić information content (AvgIpc) is 3.40. The van der Waals surface area contributed by atoms with E-state index in [-0.39, 0.29) is 23.8 Å². The molecule has 7 nitrogen and oxygen atoms in total. The number of amides is 3. The number of likely N-dealkylation sites (tertiary alicyclic amines) is 1. The second-order valence-corrected chi connectivity index (χ2v) is 11.7. The summed E-state index contributed by atoms with van der Waals surface area (Å²) in [6.07, 6.45) is 4.36. The number of nitrogens with zero attached hydrogens (tertiary/aromatic N) is 1. The van der Waals surface area contributed by atoms with Gasteiger partial charge in [0, 0.05) is 13.1 Å². The van der Waals surface area contributed by atoms with E-state index in [0.717, 1.165) is 31.2 Å². The van der Waals surface area contributed by atoms with Gasteiger partial charge in [0.05, 0.1) is 12.1 Å². The molecule has 0 radical (unpaired) electrons. The highest BCUT2D eigenvalue weighted by molar-refractivity contribution is 5.94. The van der Waals surface area contributed by atoms with Crippen LogP contribution in [0.3, 0.4) is 0 Å². The van der Waals surface area contributed by atoms with E-state index in [1.165, 1.54) is 11.1 Å². The summed E-state index contributed by atoms with van der Waals surface area (Å²) < 4.78 is 0. The van der Waals surface area contributed by atoms with E-state index in [9.17, 15) is 14.4 Å². The molecule has 2 aromatic carbocycles. The van der Waals surface area contributed by atoms with Crippen LogP contribution in [-0.2, 0) is 27.3 Å². The first-order valence-electron chi connectivity index (χ1n) is 13.9. The smallest absolute Gasteiger partial charge is 0.246 e. The Balaban J connectivity index is 1.41. The highest BCUT2D eigenvalue weighted by atomic mass is 16.2. The molecule has 1 saturated heterocycles. The third-order valence-electron chi connectivity index (χ3n) is 7.77. The summed E-state index contributed by atoms with van der Waals surface area (Å²) >= 11 is 0. The Morgan fingerprint density at radius 3 is 2.42 bits per heavy atom. The van der Waals surface area contributed by atoms with Crippen LogP contribution >= 0.6 is 0 Å². The Labute approximate surface area is 226 Å². The van der Waals surface area contributed by atoms with Crippen molar-refractivity contribution in [3.63, 3.8) is 0 Å². The molecule has 4 rings (SSSR count). The predicted octanol–water partition coefficient (Wildman–Crippen LogP) is 3.88. The van der Waals surface area contributed by atoms with Gasteiger partial charge in [0.15, 0.2) is 0 Å². The topological polar surface area (TPSA) is 90.5 Å². The molecule has 0 saturated carbocycles. The van der Waals surface area contributed by atoms with E-state index in [0.29, 0.717) is 19.5 Å². The number of aryl methyl sites for hydroxylation is 1. The highest BCUT2D eigenvalue weighted by Crippen LogP contribution is 2.31. The predicted molar refractivity (Wildman–Crippen MR) is 149 cm³/mol. The number of carbonyl (C=O) groups is 3. The van der Waals surface area contributed by atoms with Crippen molar-refractivity contribution in [1.82, 2.24) is 20.9 Å². The van der Waals surface area contributed by atoms with Crippen LogP contribution in [0.15, 0.2) is 54.6 Å². The van der Waals surface area contributed by atoms with Crippen molar-refractivity contribution < 1.29 is 14.4 Å². The Morgan fingerprint density at radius 2 is 1.68 bits per heavy atom. The van der Waals surface area contributed by atoms with Gasteiger partial charge in [-0.15, -0.1) is 0 Å². The summed E-state index contributed by atoms with van der Waals surface area (Å²) in [6, 6.07) is 16.4. The molecular weight excluding hydrogens is 476 g/mol. The molecule has 0 spiro atoms. The first-order chi connectivity index (χ1) is 18.1. The van der Waals surface area contributed by atoms with E-state index in [4.69, 9.17) is 0 Å². The summed E-state index contributed by atoms with van der Waals surface area (Å²) in [5.41, 5.74) is 3.04. The number of fused-ring (bicyclic) bond motifs is 1. The SMILES string of the molecule is C[C@H](NCc1ccccc1)C(=O)N[C@@H](C(=O)N1CCC[C@@H]1C(=O)N[C@@H]1CCCc2ccccc21)C(C)(C)C. The van der Waals surface area contributed by atoms with Crippen LogP contribution in [0.1, 0.15) is 76.1 Å². The maximum absolute atomic E-state index is 13.8. The number of carbonyl (C=O) groups excluding carboxylic acids is 3. The van der Waals surface area contributed by atoms with E-state index in [1.54, 1.807) is 11.8 Å². The van der Waals surface area contributed by atoms with Gasteiger partial charge in [-0.2, -0.15) is 0 Å². The molecule has 38 heavy (non-hydrogen) atoms. The van der Waals surface area contributed by atoms with E-state index >= 15 is 0 Å². The zero-order chi connectivity index (χ0) is 27.3. The van der Waals surface area contributed by atoms with Gasteiger partial charge in [0.2, 0.25) is 17.7 Å². The molecule has 0 unspecified atom stereocenters. The normalized spacial score (nSPS) is 20.8. The van der Waals surface area contributed by atoms with Crippen LogP contribution in [0.2, 0.25) is 0 Å². The summed E-state index contributed by atoms with van der Waals surface area (Å²) in [5.74, 6) is -0.523. The lowest BCUT2D eigenvalue weighted by molar-refractivity contribution is -0.144. The monoisotopic (exact) mass is 518 g/mol. The Bertz CT molecular complexity index is 1130. The number of hydrogen-bond donors (Lipinski definition) is 3. The largest absolute Gasteiger partial charge is 0.347 e. The fourth-order valence-electron chi connectivity index (χ4n) is 5.52. The van der Waals surface area contributed by atoms with E-state index < -0.39 is 23.5 Å². The molecule has 2 aromatic rings. The van der Waals surface area contributed by atoms with Crippen molar-refractivity contribution in [1.29, 1.82) is 0 Å². The minimum atomic E-state index is -0.736. The first-order valence-corrected chi connectivity index (χ1v) is 13.9. The number of benzene rings is 2. The van der Waals surface area contributed by atoms with Gasteiger partial charge in [0.1, 0.15) is 12.1 Å². The fraction of sp³-hybridized carbons (Fsp3) is 0.516. The molecule has 0 aromatic heterocycles. The molecule has 4 atom stereocenters. The molecule has 1 heterocycles. The van der Waals surface area contributed by atoms with Crippen LogP contribution < -0.4 is 16.0 Å². The van der Waals surface area contributed by atoms with Gasteiger partial charge >= 0.3 is 0 Å². The van der Waals surface area contributed by atoms with Crippen molar-refractivity contribution in [2.75, 3.05) is 6.54 Å². The minimum absolute atomic E-state index is 0.0281. The third-order valence-corrected chi connectivity index (χ3v) is 7.77. The maximum Gasteiger partial charge on any atom is 0.246 e. The standard InChI is InChI=1S/C31H42N4O3/c1-21(32-20-22-12-6-5-7-13-22)28(36)34-27(31(2,3)4)30(38)35-19-11-18-26(35)29(37)33-25-17-10-15-23-14-8-9-16-24(23)25/h5-9,12-14,16,21,25-27,32H,10-11,15,17-20H2,1-4H3,(H,33,37)(H,34,36)/t21-,25+,26+,27-/m0/s1. The number of hydrogen-bond acceptors (Lipinski definition) is 4. The van der Waals surface area contributed by atoms with Gasteiger partial charge in [0.25, 0.3) is 0 Å². The highest BCUT2D eigenvalue weighted by Gasteiger charge is 2.42. The van der Waals surface area contributed by atoms with Crippen molar-refractivity contribution in [2.45, 2.75) is 90.5 Å².